The van der Waals surface area contributed by atoms with E-state index in [1.165, 1.54) is 38.4 Å². The van der Waals surface area contributed by atoms with Crippen molar-refractivity contribution in [3.63, 3.8) is 0 Å². The predicted octanol–water partition coefficient (Wildman–Crippen LogP) is 2.14. The average Bonchev–Trinajstić information content (AvgIpc) is 2.95. The van der Waals surface area contributed by atoms with E-state index in [-0.39, 0.29) is 5.69 Å². The zero-order valence-electron chi connectivity index (χ0n) is 9.63. The van der Waals surface area contributed by atoms with Gasteiger partial charge in [-0.15, -0.1) is 0 Å². The molecule has 17 heavy (non-hydrogen) atoms. The molecule has 5 heteroatoms. The lowest BCUT2D eigenvalue weighted by Crippen LogP contribution is -2.34. The fraction of sp³-hybridized carbons (Fsp3) is 0.667. The Morgan fingerprint density at radius 1 is 1.41 bits per heavy atom. The smallest absolute Gasteiger partial charge is 0.357 e. The molecule has 2 aliphatic rings. The van der Waals surface area contributed by atoms with Gasteiger partial charge in [-0.2, -0.15) is 4.98 Å². The molecule has 3 rings (SSSR count). The van der Waals surface area contributed by atoms with Crippen molar-refractivity contribution in [2.45, 2.75) is 38.1 Å². The summed E-state index contributed by atoms with van der Waals surface area (Å²) in [5, 5.41) is 8.83. The molecular weight excluding hydrogens is 220 g/mol. The molecule has 2 unspecified atom stereocenters. The minimum absolute atomic E-state index is 0.000686. The van der Waals surface area contributed by atoms with Crippen LogP contribution in [0.5, 0.6) is 0 Å². The molecule has 2 heterocycles. The number of hydrogen-bond acceptors (Lipinski definition) is 4. The zero-order chi connectivity index (χ0) is 11.8. The number of carboxylic acids is 1. The maximum absolute atomic E-state index is 10.8. The van der Waals surface area contributed by atoms with Crippen LogP contribution in [0.4, 0.5) is 6.01 Å². The molecule has 1 aliphatic heterocycles. The van der Waals surface area contributed by atoms with Gasteiger partial charge in [0.2, 0.25) is 0 Å². The second-order valence-electron chi connectivity index (χ2n) is 4.91. The van der Waals surface area contributed by atoms with Crippen LogP contribution in [0.15, 0.2) is 10.7 Å². The van der Waals surface area contributed by atoms with Gasteiger partial charge < -0.3 is 14.4 Å². The van der Waals surface area contributed by atoms with Gasteiger partial charge in [-0.1, -0.05) is 12.8 Å². The van der Waals surface area contributed by atoms with Gasteiger partial charge in [0.25, 0.3) is 6.01 Å². The molecule has 1 aromatic rings. The third-order valence-corrected chi connectivity index (χ3v) is 3.97. The van der Waals surface area contributed by atoms with Gasteiger partial charge in [-0.25, -0.2) is 4.79 Å². The summed E-state index contributed by atoms with van der Waals surface area (Å²) in [6.07, 6.45) is 7.44. The Kier molecular flexibility index (Phi) is 2.53. The Labute approximate surface area is 99.4 Å². The Balaban J connectivity index is 1.81. The van der Waals surface area contributed by atoms with Crippen LogP contribution in [-0.2, 0) is 0 Å². The monoisotopic (exact) mass is 236 g/mol. The number of carbonyl (C=O) groups is 1. The molecule has 1 saturated heterocycles. The number of rotatable bonds is 2. The molecule has 1 saturated carbocycles. The SMILES string of the molecule is O=C(O)c1coc(N2CCC3CCCCC32)n1. The Bertz CT molecular complexity index is 429. The fourth-order valence-electron chi connectivity index (χ4n) is 3.14. The van der Waals surface area contributed by atoms with Gasteiger partial charge >= 0.3 is 5.97 Å². The van der Waals surface area contributed by atoms with Crippen molar-refractivity contribution in [2.75, 3.05) is 11.4 Å². The molecule has 0 bridgehead atoms. The van der Waals surface area contributed by atoms with E-state index in [9.17, 15) is 4.79 Å². The highest BCUT2D eigenvalue weighted by molar-refractivity contribution is 5.85. The zero-order valence-corrected chi connectivity index (χ0v) is 9.63. The highest BCUT2D eigenvalue weighted by atomic mass is 16.4. The number of hydrogen-bond donors (Lipinski definition) is 1. The third-order valence-electron chi connectivity index (χ3n) is 3.97. The van der Waals surface area contributed by atoms with Crippen molar-refractivity contribution in [1.82, 2.24) is 4.98 Å². The molecule has 1 aromatic heterocycles. The fourth-order valence-corrected chi connectivity index (χ4v) is 3.14. The average molecular weight is 236 g/mol. The van der Waals surface area contributed by atoms with E-state index in [0.717, 1.165) is 12.5 Å². The number of fused-ring (bicyclic) bond motifs is 1. The highest BCUT2D eigenvalue weighted by Crippen LogP contribution is 2.38. The van der Waals surface area contributed by atoms with Crippen LogP contribution < -0.4 is 4.90 Å². The molecule has 1 N–H and O–H groups in total. The quantitative estimate of drug-likeness (QED) is 0.852. The lowest BCUT2D eigenvalue weighted by molar-refractivity contribution is 0.0690. The minimum atomic E-state index is -1.03. The van der Waals surface area contributed by atoms with Crippen LogP contribution in [0.2, 0.25) is 0 Å². The first-order chi connectivity index (χ1) is 8.25. The van der Waals surface area contributed by atoms with Crippen molar-refractivity contribution in [2.24, 2.45) is 5.92 Å². The van der Waals surface area contributed by atoms with Crippen molar-refractivity contribution >= 4 is 12.0 Å². The van der Waals surface area contributed by atoms with E-state index in [1.807, 2.05) is 0 Å². The number of nitrogens with zero attached hydrogens (tertiary/aromatic N) is 2. The predicted molar refractivity (Wildman–Crippen MR) is 61.2 cm³/mol. The van der Waals surface area contributed by atoms with Crippen molar-refractivity contribution in [1.29, 1.82) is 0 Å². The van der Waals surface area contributed by atoms with Gasteiger partial charge in [0.15, 0.2) is 5.69 Å². The molecule has 1 aliphatic carbocycles. The Morgan fingerprint density at radius 2 is 2.24 bits per heavy atom. The summed E-state index contributed by atoms with van der Waals surface area (Å²) in [5.74, 6) is -0.289. The van der Waals surface area contributed by atoms with Crippen LogP contribution in [0.1, 0.15) is 42.6 Å². The van der Waals surface area contributed by atoms with E-state index < -0.39 is 5.97 Å². The summed E-state index contributed by atoms with van der Waals surface area (Å²) < 4.78 is 5.29. The lowest BCUT2D eigenvalue weighted by atomic mass is 9.85. The molecule has 92 valence electrons. The molecule has 0 spiro atoms. The summed E-state index contributed by atoms with van der Waals surface area (Å²) in [6.45, 7) is 0.939. The van der Waals surface area contributed by atoms with Crippen LogP contribution in [0, 0.1) is 5.92 Å². The number of oxazole rings is 1. The van der Waals surface area contributed by atoms with Gasteiger partial charge in [-0.3, -0.25) is 0 Å². The molecule has 0 radical (unpaired) electrons. The van der Waals surface area contributed by atoms with Gasteiger partial charge in [0, 0.05) is 12.6 Å². The highest BCUT2D eigenvalue weighted by Gasteiger charge is 2.37. The van der Waals surface area contributed by atoms with Crippen molar-refractivity contribution in [3.05, 3.63) is 12.0 Å². The first kappa shape index (κ1) is 10.6. The number of carboxylic acid groups (broad SMARTS) is 1. The van der Waals surface area contributed by atoms with E-state index in [0.29, 0.717) is 12.1 Å². The van der Waals surface area contributed by atoms with Crippen LogP contribution in [-0.4, -0.2) is 28.6 Å². The second-order valence-corrected chi connectivity index (χ2v) is 4.91. The molecule has 0 aromatic carbocycles. The minimum Gasteiger partial charge on any atom is -0.476 e. The normalized spacial score (nSPS) is 28.1. The van der Waals surface area contributed by atoms with E-state index in [2.05, 4.69) is 9.88 Å². The Hall–Kier alpha value is -1.52. The molecule has 2 fully saturated rings. The lowest BCUT2D eigenvalue weighted by Gasteiger charge is -2.30. The topological polar surface area (TPSA) is 66.6 Å². The van der Waals surface area contributed by atoms with E-state index in [4.69, 9.17) is 9.52 Å². The molecule has 5 nitrogen and oxygen atoms in total. The maximum atomic E-state index is 10.8. The summed E-state index contributed by atoms with van der Waals surface area (Å²) >= 11 is 0. The number of anilines is 1. The van der Waals surface area contributed by atoms with Crippen LogP contribution in [0.25, 0.3) is 0 Å². The third kappa shape index (κ3) is 1.79. The second kappa shape index (κ2) is 4.05. The van der Waals surface area contributed by atoms with Gasteiger partial charge in [-0.05, 0) is 25.2 Å². The molecular formula is C12H16N2O3. The van der Waals surface area contributed by atoms with Crippen LogP contribution >= 0.6 is 0 Å². The van der Waals surface area contributed by atoms with E-state index >= 15 is 0 Å². The number of aromatic nitrogens is 1. The summed E-state index contributed by atoms with van der Waals surface area (Å²) in [6, 6.07) is 0.987. The van der Waals surface area contributed by atoms with E-state index in [1.54, 1.807) is 0 Å². The molecule has 2 atom stereocenters. The first-order valence-corrected chi connectivity index (χ1v) is 6.21. The molecule has 0 amide bonds. The standard InChI is InChI=1S/C12H16N2O3/c15-11(16)9-7-17-12(13-9)14-6-5-8-3-1-2-4-10(8)14/h7-8,10H,1-6H2,(H,15,16). The maximum Gasteiger partial charge on any atom is 0.357 e. The van der Waals surface area contributed by atoms with Crippen molar-refractivity contribution in [3.8, 4) is 0 Å². The summed E-state index contributed by atoms with van der Waals surface area (Å²) in [4.78, 5) is 17.0. The largest absolute Gasteiger partial charge is 0.476 e. The van der Waals surface area contributed by atoms with Crippen LogP contribution in [0.3, 0.4) is 0 Å². The van der Waals surface area contributed by atoms with Gasteiger partial charge in [0.1, 0.15) is 6.26 Å². The van der Waals surface area contributed by atoms with Gasteiger partial charge in [0.05, 0.1) is 0 Å². The summed E-state index contributed by atoms with van der Waals surface area (Å²) in [7, 11) is 0. The summed E-state index contributed by atoms with van der Waals surface area (Å²) in [5.41, 5.74) is -0.000686. The number of aromatic carboxylic acids is 1. The Morgan fingerprint density at radius 3 is 3.00 bits per heavy atom. The first-order valence-electron chi connectivity index (χ1n) is 6.21. The van der Waals surface area contributed by atoms with Crippen molar-refractivity contribution < 1.29 is 14.3 Å².